The summed E-state index contributed by atoms with van der Waals surface area (Å²) >= 11 is 0. The summed E-state index contributed by atoms with van der Waals surface area (Å²) in [7, 11) is -3.62. The number of benzene rings is 2. The molecule has 1 atom stereocenters. The van der Waals surface area contributed by atoms with E-state index >= 15 is 0 Å². The van der Waals surface area contributed by atoms with Gasteiger partial charge in [0.25, 0.3) is 0 Å². The van der Waals surface area contributed by atoms with Crippen LogP contribution in [0, 0.1) is 6.92 Å². The fourth-order valence-corrected chi connectivity index (χ4v) is 6.33. The van der Waals surface area contributed by atoms with Crippen molar-refractivity contribution in [2.75, 3.05) is 30.3 Å². The Morgan fingerprint density at radius 3 is 2.35 bits per heavy atom. The van der Waals surface area contributed by atoms with Crippen molar-refractivity contribution in [3.8, 4) is 11.5 Å². The number of hydrogen-bond donors (Lipinski definition) is 1. The van der Waals surface area contributed by atoms with Crippen molar-refractivity contribution < 1.29 is 27.5 Å². The van der Waals surface area contributed by atoms with Crippen LogP contribution < -0.4 is 19.1 Å². The van der Waals surface area contributed by atoms with E-state index in [2.05, 4.69) is 5.32 Å². The summed E-state index contributed by atoms with van der Waals surface area (Å²) in [5.41, 5.74) is 2.52. The average molecular weight is 572 g/mol. The van der Waals surface area contributed by atoms with Gasteiger partial charge in [0.1, 0.15) is 19.3 Å². The maximum Gasteiger partial charge on any atom is 0.243 e. The molecule has 1 heterocycles. The number of sulfonamides is 1. The Morgan fingerprint density at radius 2 is 1.70 bits per heavy atom. The van der Waals surface area contributed by atoms with E-state index in [9.17, 15) is 18.0 Å². The van der Waals surface area contributed by atoms with Gasteiger partial charge >= 0.3 is 0 Å². The lowest BCUT2D eigenvalue weighted by Crippen LogP contribution is -2.51. The van der Waals surface area contributed by atoms with Crippen molar-refractivity contribution in [1.82, 2.24) is 10.2 Å². The van der Waals surface area contributed by atoms with Crippen molar-refractivity contribution in [2.24, 2.45) is 0 Å². The number of carbonyl (C=O) groups excluding carboxylic acids is 2. The van der Waals surface area contributed by atoms with Crippen LogP contribution in [0.2, 0.25) is 0 Å². The van der Waals surface area contributed by atoms with Gasteiger partial charge in [0.2, 0.25) is 21.8 Å². The second-order valence-corrected chi connectivity index (χ2v) is 12.6. The lowest BCUT2D eigenvalue weighted by molar-refractivity contribution is -0.141. The number of carbonyl (C=O) groups is 2. The van der Waals surface area contributed by atoms with Crippen molar-refractivity contribution in [1.29, 1.82) is 0 Å². The molecule has 4 rings (SSSR count). The quantitative estimate of drug-likeness (QED) is 0.410. The topological polar surface area (TPSA) is 105 Å². The lowest BCUT2D eigenvalue weighted by atomic mass is 10.1. The first-order valence-corrected chi connectivity index (χ1v) is 16.0. The van der Waals surface area contributed by atoms with Gasteiger partial charge in [-0.1, -0.05) is 49.6 Å². The molecule has 0 radical (unpaired) electrons. The summed E-state index contributed by atoms with van der Waals surface area (Å²) in [6, 6.07) is 12.5. The average Bonchev–Trinajstić information content (AvgIpc) is 3.44. The molecule has 1 saturated carbocycles. The van der Waals surface area contributed by atoms with Gasteiger partial charge in [-0.2, -0.15) is 0 Å². The Hall–Kier alpha value is -3.27. The summed E-state index contributed by atoms with van der Waals surface area (Å²) in [4.78, 5) is 28.6. The number of fused-ring (bicyclic) bond motifs is 1. The molecule has 2 amide bonds. The van der Waals surface area contributed by atoms with Crippen LogP contribution in [-0.2, 0) is 26.2 Å². The second kappa shape index (κ2) is 13.4. The van der Waals surface area contributed by atoms with E-state index in [0.717, 1.165) is 43.1 Å². The number of nitrogens with one attached hydrogen (secondary N) is 1. The SMILES string of the molecule is CC[C@@H](C(=O)NC1CCCC1)N(Cc1ccc(C)cc1)C(=O)CCCN(c1ccc2c(c1)OCCO2)S(C)(=O)=O. The highest BCUT2D eigenvalue weighted by molar-refractivity contribution is 7.92. The minimum Gasteiger partial charge on any atom is -0.486 e. The Labute approximate surface area is 237 Å². The number of amides is 2. The van der Waals surface area contributed by atoms with Gasteiger partial charge in [0.15, 0.2) is 11.5 Å². The van der Waals surface area contributed by atoms with Gasteiger partial charge in [-0.05, 0) is 50.3 Å². The minimum atomic E-state index is -3.62. The van der Waals surface area contributed by atoms with E-state index in [0.29, 0.717) is 49.8 Å². The van der Waals surface area contributed by atoms with Gasteiger partial charge in [0.05, 0.1) is 11.9 Å². The molecule has 0 saturated heterocycles. The Bertz CT molecular complexity index is 1270. The number of aryl methyl sites for hydroxylation is 1. The third-order valence-corrected chi connectivity index (χ3v) is 8.72. The summed E-state index contributed by atoms with van der Waals surface area (Å²) < 4.78 is 37.9. The maximum absolute atomic E-state index is 13.7. The second-order valence-electron chi connectivity index (χ2n) is 10.7. The van der Waals surface area contributed by atoms with Crippen molar-refractivity contribution in [3.63, 3.8) is 0 Å². The first-order valence-electron chi connectivity index (χ1n) is 14.2. The van der Waals surface area contributed by atoms with E-state index in [-0.39, 0.29) is 30.8 Å². The molecule has 0 spiro atoms. The number of nitrogens with zero attached hydrogens (tertiary/aromatic N) is 2. The van der Waals surface area contributed by atoms with Crippen LogP contribution in [0.4, 0.5) is 5.69 Å². The van der Waals surface area contributed by atoms with Crippen molar-refractivity contribution >= 4 is 27.5 Å². The Kier molecular flexibility index (Phi) is 9.95. The summed E-state index contributed by atoms with van der Waals surface area (Å²) in [5, 5.41) is 3.16. The van der Waals surface area contributed by atoms with Crippen LogP contribution in [-0.4, -0.2) is 63.2 Å². The van der Waals surface area contributed by atoms with Crippen LogP contribution >= 0.6 is 0 Å². The molecule has 0 unspecified atom stereocenters. The van der Waals surface area contributed by atoms with Gasteiger partial charge in [-0.15, -0.1) is 0 Å². The summed E-state index contributed by atoms with van der Waals surface area (Å²) in [5.74, 6) is 0.775. The molecule has 2 aliphatic rings. The number of anilines is 1. The zero-order valence-electron chi connectivity index (χ0n) is 23.7. The highest BCUT2D eigenvalue weighted by atomic mass is 32.2. The highest BCUT2D eigenvalue weighted by Crippen LogP contribution is 2.35. The molecule has 10 heteroatoms. The van der Waals surface area contributed by atoms with Crippen LogP contribution in [0.1, 0.15) is 63.0 Å². The predicted molar refractivity (Wildman–Crippen MR) is 155 cm³/mol. The fourth-order valence-electron chi connectivity index (χ4n) is 5.37. The van der Waals surface area contributed by atoms with Crippen LogP contribution in [0.25, 0.3) is 0 Å². The molecule has 1 aliphatic carbocycles. The molecule has 218 valence electrons. The molecule has 1 fully saturated rings. The molecule has 0 bridgehead atoms. The monoisotopic (exact) mass is 571 g/mol. The third kappa shape index (κ3) is 7.68. The number of ether oxygens (including phenoxy) is 2. The minimum absolute atomic E-state index is 0.107. The normalized spacial score (nSPS) is 15.9. The van der Waals surface area contributed by atoms with E-state index in [1.165, 1.54) is 4.31 Å². The molecular formula is C30H41N3O6S. The first kappa shape index (κ1) is 29.7. The largest absolute Gasteiger partial charge is 0.486 e. The van der Waals surface area contributed by atoms with Crippen LogP contribution in [0.15, 0.2) is 42.5 Å². The smallest absolute Gasteiger partial charge is 0.243 e. The van der Waals surface area contributed by atoms with Gasteiger partial charge in [0, 0.05) is 31.6 Å². The van der Waals surface area contributed by atoms with E-state index in [1.54, 1.807) is 23.1 Å². The number of hydrogen-bond acceptors (Lipinski definition) is 6. The Balaban J connectivity index is 1.48. The molecular weight excluding hydrogens is 530 g/mol. The van der Waals surface area contributed by atoms with Gasteiger partial charge in [-0.3, -0.25) is 13.9 Å². The van der Waals surface area contributed by atoms with E-state index < -0.39 is 16.1 Å². The van der Waals surface area contributed by atoms with E-state index in [1.807, 2.05) is 38.1 Å². The third-order valence-electron chi connectivity index (χ3n) is 7.53. The van der Waals surface area contributed by atoms with Gasteiger partial charge in [-0.25, -0.2) is 8.42 Å². The van der Waals surface area contributed by atoms with Crippen molar-refractivity contribution in [3.05, 3.63) is 53.6 Å². The Morgan fingerprint density at radius 1 is 1.02 bits per heavy atom. The molecule has 40 heavy (non-hydrogen) atoms. The van der Waals surface area contributed by atoms with E-state index in [4.69, 9.17) is 9.47 Å². The maximum atomic E-state index is 13.7. The van der Waals surface area contributed by atoms with Crippen LogP contribution in [0.3, 0.4) is 0 Å². The predicted octanol–water partition coefficient (Wildman–Crippen LogP) is 4.18. The molecule has 2 aromatic rings. The molecule has 0 aromatic heterocycles. The van der Waals surface area contributed by atoms with Crippen LogP contribution in [0.5, 0.6) is 11.5 Å². The molecule has 9 nitrogen and oxygen atoms in total. The zero-order chi connectivity index (χ0) is 28.7. The zero-order valence-corrected chi connectivity index (χ0v) is 24.5. The standard InChI is InChI=1S/C30H41N3O6S/c1-4-26(30(35)31-24-8-5-6-9-24)32(21-23-13-11-22(2)12-14-23)29(34)10-7-17-33(40(3,36)37)25-15-16-27-28(20-25)39-19-18-38-27/h11-16,20,24,26H,4-10,17-19,21H2,1-3H3,(H,31,35)/t26-/m0/s1. The van der Waals surface area contributed by atoms with Crippen molar-refractivity contribution in [2.45, 2.75) is 77.4 Å². The first-order chi connectivity index (χ1) is 19.2. The molecule has 1 aliphatic heterocycles. The fraction of sp³-hybridized carbons (Fsp3) is 0.533. The molecule has 1 N–H and O–H groups in total. The van der Waals surface area contributed by atoms with Gasteiger partial charge < -0.3 is 19.7 Å². The molecule has 2 aromatic carbocycles. The summed E-state index contributed by atoms with van der Waals surface area (Å²) in [6.07, 6.45) is 6.19. The summed E-state index contributed by atoms with van der Waals surface area (Å²) in [6.45, 7) is 5.20. The lowest BCUT2D eigenvalue weighted by Gasteiger charge is -2.32. The highest BCUT2D eigenvalue weighted by Gasteiger charge is 2.31. The number of rotatable bonds is 12.